The van der Waals surface area contributed by atoms with E-state index in [2.05, 4.69) is 0 Å². The zero-order valence-electron chi connectivity index (χ0n) is 11.1. The summed E-state index contributed by atoms with van der Waals surface area (Å²) in [7, 11) is 1.34. The Morgan fingerprint density at radius 1 is 1.25 bits per heavy atom. The molecule has 0 saturated carbocycles. The molecular formula is C15H16N2O3. The van der Waals surface area contributed by atoms with Gasteiger partial charge in [-0.1, -0.05) is 42.5 Å². The van der Waals surface area contributed by atoms with Gasteiger partial charge in [0.15, 0.2) is 5.60 Å². The number of methoxy groups -OCH3 is 1. The van der Waals surface area contributed by atoms with Gasteiger partial charge in [0.2, 0.25) is 11.7 Å². The zero-order chi connectivity index (χ0) is 14.8. The predicted octanol–water partition coefficient (Wildman–Crippen LogP) is 0.768. The summed E-state index contributed by atoms with van der Waals surface area (Å²) >= 11 is 0. The second-order valence-corrected chi connectivity index (χ2v) is 4.52. The molecule has 20 heavy (non-hydrogen) atoms. The van der Waals surface area contributed by atoms with Crippen molar-refractivity contribution in [2.75, 3.05) is 7.11 Å². The lowest BCUT2D eigenvalue weighted by atomic mass is 9.75. The van der Waals surface area contributed by atoms with E-state index in [4.69, 9.17) is 16.2 Å². The van der Waals surface area contributed by atoms with Crippen molar-refractivity contribution in [2.24, 2.45) is 17.4 Å². The highest BCUT2D eigenvalue weighted by Gasteiger charge is 2.51. The number of rotatable bonds is 4. The van der Waals surface area contributed by atoms with E-state index in [-0.39, 0.29) is 11.5 Å². The van der Waals surface area contributed by atoms with Crippen molar-refractivity contribution in [2.45, 2.75) is 5.60 Å². The summed E-state index contributed by atoms with van der Waals surface area (Å²) in [6.45, 7) is 0. The van der Waals surface area contributed by atoms with Crippen LogP contribution >= 0.6 is 0 Å². The maximum absolute atomic E-state index is 12.8. The Morgan fingerprint density at radius 3 is 2.45 bits per heavy atom. The number of primary amides is 1. The van der Waals surface area contributed by atoms with Crippen molar-refractivity contribution in [3.8, 4) is 0 Å². The summed E-state index contributed by atoms with van der Waals surface area (Å²) in [6, 6.07) is 8.55. The van der Waals surface area contributed by atoms with Crippen molar-refractivity contribution >= 4 is 11.7 Å². The van der Waals surface area contributed by atoms with Crippen LogP contribution in [0.3, 0.4) is 0 Å². The molecular weight excluding hydrogens is 256 g/mol. The van der Waals surface area contributed by atoms with Crippen molar-refractivity contribution < 1.29 is 14.3 Å². The summed E-state index contributed by atoms with van der Waals surface area (Å²) in [5.74, 6) is -1.99. The summed E-state index contributed by atoms with van der Waals surface area (Å²) in [5, 5.41) is 0. The second kappa shape index (κ2) is 5.30. The highest BCUT2D eigenvalue weighted by atomic mass is 16.5. The van der Waals surface area contributed by atoms with Crippen LogP contribution in [0.5, 0.6) is 0 Å². The fourth-order valence-corrected chi connectivity index (χ4v) is 2.42. The normalized spacial score (nSPS) is 25.1. The number of ketones is 1. The number of amides is 1. The lowest BCUT2D eigenvalue weighted by molar-refractivity contribution is -0.126. The summed E-state index contributed by atoms with van der Waals surface area (Å²) in [4.78, 5) is 24.5. The molecule has 0 heterocycles. The van der Waals surface area contributed by atoms with E-state index in [0.29, 0.717) is 5.56 Å². The zero-order valence-corrected chi connectivity index (χ0v) is 11.1. The predicted molar refractivity (Wildman–Crippen MR) is 74.6 cm³/mol. The van der Waals surface area contributed by atoms with Gasteiger partial charge < -0.3 is 16.2 Å². The van der Waals surface area contributed by atoms with Crippen molar-refractivity contribution in [1.29, 1.82) is 0 Å². The Labute approximate surface area is 116 Å². The lowest BCUT2D eigenvalue weighted by Crippen LogP contribution is -2.56. The van der Waals surface area contributed by atoms with E-state index >= 15 is 0 Å². The number of Topliss-reactive ketones (excluding diaryl/α,β-unsaturated/α-hetero) is 1. The monoisotopic (exact) mass is 272 g/mol. The fourth-order valence-electron chi connectivity index (χ4n) is 2.42. The average molecular weight is 272 g/mol. The van der Waals surface area contributed by atoms with Gasteiger partial charge in [0.25, 0.3) is 0 Å². The lowest BCUT2D eigenvalue weighted by Gasteiger charge is -2.37. The van der Waals surface area contributed by atoms with Crippen molar-refractivity contribution in [3.05, 3.63) is 59.8 Å². The summed E-state index contributed by atoms with van der Waals surface area (Å²) < 4.78 is 5.39. The molecule has 0 saturated heterocycles. The summed E-state index contributed by atoms with van der Waals surface area (Å²) in [6.07, 6.45) is 4.67. The first-order chi connectivity index (χ1) is 9.54. The molecule has 0 bridgehead atoms. The molecule has 5 nitrogen and oxygen atoms in total. The molecule has 0 fully saturated rings. The first-order valence-corrected chi connectivity index (χ1v) is 6.12. The minimum Gasteiger partial charge on any atom is -0.399 e. The first kappa shape index (κ1) is 14.0. The molecule has 1 aromatic rings. The third-order valence-corrected chi connectivity index (χ3v) is 3.45. The molecule has 0 aromatic heterocycles. The molecule has 5 heteroatoms. The molecule has 2 rings (SSSR count). The van der Waals surface area contributed by atoms with Gasteiger partial charge in [-0.05, 0) is 6.08 Å². The maximum Gasteiger partial charge on any atom is 0.228 e. The van der Waals surface area contributed by atoms with Crippen LogP contribution in [0.2, 0.25) is 0 Å². The van der Waals surface area contributed by atoms with Gasteiger partial charge in [-0.3, -0.25) is 9.59 Å². The SMILES string of the molecule is COC1(C(=O)c2ccccc2)C(N)=CC=CC1C(N)=O. The molecule has 104 valence electrons. The smallest absolute Gasteiger partial charge is 0.228 e. The van der Waals surface area contributed by atoms with Crippen LogP contribution in [0.25, 0.3) is 0 Å². The molecule has 0 aliphatic heterocycles. The number of hydrogen-bond acceptors (Lipinski definition) is 4. The Kier molecular flexibility index (Phi) is 3.72. The van der Waals surface area contributed by atoms with E-state index in [1.807, 2.05) is 0 Å². The third-order valence-electron chi connectivity index (χ3n) is 3.45. The number of benzene rings is 1. The van der Waals surface area contributed by atoms with Gasteiger partial charge in [-0.25, -0.2) is 0 Å². The average Bonchev–Trinajstić information content (AvgIpc) is 2.47. The maximum atomic E-state index is 12.8. The van der Waals surface area contributed by atoms with Crippen molar-refractivity contribution in [3.63, 3.8) is 0 Å². The van der Waals surface area contributed by atoms with Crippen LogP contribution in [0.4, 0.5) is 0 Å². The minimum atomic E-state index is -1.58. The molecule has 4 N–H and O–H groups in total. The minimum absolute atomic E-state index is 0.167. The number of allylic oxidation sites excluding steroid dienone is 2. The van der Waals surface area contributed by atoms with Crippen LogP contribution in [-0.2, 0) is 9.53 Å². The van der Waals surface area contributed by atoms with E-state index < -0.39 is 17.4 Å². The van der Waals surface area contributed by atoms with E-state index in [1.54, 1.807) is 42.5 Å². The number of hydrogen-bond donors (Lipinski definition) is 2. The van der Waals surface area contributed by atoms with Gasteiger partial charge in [0.05, 0.1) is 5.92 Å². The highest BCUT2D eigenvalue weighted by Crippen LogP contribution is 2.35. The van der Waals surface area contributed by atoms with E-state index in [0.717, 1.165) is 0 Å². The van der Waals surface area contributed by atoms with Crippen LogP contribution in [0.1, 0.15) is 10.4 Å². The molecule has 2 unspecified atom stereocenters. The Morgan fingerprint density at radius 2 is 1.90 bits per heavy atom. The molecule has 1 aliphatic rings. The topological polar surface area (TPSA) is 95.4 Å². The highest BCUT2D eigenvalue weighted by molar-refractivity contribution is 6.08. The van der Waals surface area contributed by atoms with E-state index in [9.17, 15) is 9.59 Å². The second-order valence-electron chi connectivity index (χ2n) is 4.52. The number of ether oxygens (including phenoxy) is 1. The largest absolute Gasteiger partial charge is 0.399 e. The first-order valence-electron chi connectivity index (χ1n) is 6.12. The number of nitrogens with two attached hydrogens (primary N) is 2. The Balaban J connectivity index is 2.56. The Bertz CT molecular complexity index is 592. The molecule has 0 radical (unpaired) electrons. The third kappa shape index (κ3) is 2.02. The summed E-state index contributed by atoms with van der Waals surface area (Å²) in [5.41, 5.74) is 10.3. The van der Waals surface area contributed by atoms with E-state index in [1.165, 1.54) is 13.2 Å². The molecule has 1 aromatic carbocycles. The van der Waals surface area contributed by atoms with Crippen LogP contribution in [0, 0.1) is 5.92 Å². The molecule has 2 atom stereocenters. The van der Waals surface area contributed by atoms with Gasteiger partial charge >= 0.3 is 0 Å². The van der Waals surface area contributed by atoms with Crippen LogP contribution < -0.4 is 11.5 Å². The van der Waals surface area contributed by atoms with Gasteiger partial charge in [0.1, 0.15) is 0 Å². The van der Waals surface area contributed by atoms with Gasteiger partial charge in [0, 0.05) is 18.4 Å². The molecule has 0 spiro atoms. The fraction of sp³-hybridized carbons (Fsp3) is 0.200. The standard InChI is InChI=1S/C15H16N2O3/c1-20-15(13(18)10-6-3-2-4-7-10)11(14(17)19)8-5-9-12(15)16/h2-9,11H,16H2,1H3,(H2,17,19). The van der Waals surface area contributed by atoms with Crippen molar-refractivity contribution in [1.82, 2.24) is 0 Å². The number of carbonyl (C=O) groups is 2. The van der Waals surface area contributed by atoms with Gasteiger partial charge in [-0.15, -0.1) is 0 Å². The van der Waals surface area contributed by atoms with Gasteiger partial charge in [-0.2, -0.15) is 0 Å². The molecule has 1 aliphatic carbocycles. The Hall–Kier alpha value is -2.40. The van der Waals surface area contributed by atoms with Crippen LogP contribution in [-0.4, -0.2) is 24.4 Å². The van der Waals surface area contributed by atoms with Crippen LogP contribution in [0.15, 0.2) is 54.3 Å². The number of carbonyl (C=O) groups excluding carboxylic acids is 2. The quantitative estimate of drug-likeness (QED) is 0.791. The molecule has 1 amide bonds.